The first-order valence-corrected chi connectivity index (χ1v) is 7.78. The second kappa shape index (κ2) is 5.56. The molecule has 0 aliphatic carbocycles. The van der Waals surface area contributed by atoms with Crippen LogP contribution in [-0.4, -0.2) is 12.5 Å². The summed E-state index contributed by atoms with van der Waals surface area (Å²) in [4.78, 5) is 12.6. The maximum Gasteiger partial charge on any atom is 0.228 e. The van der Waals surface area contributed by atoms with Gasteiger partial charge >= 0.3 is 0 Å². The number of thiophene rings is 1. The van der Waals surface area contributed by atoms with E-state index in [0.717, 1.165) is 22.1 Å². The Morgan fingerprint density at radius 2 is 2.25 bits per heavy atom. The predicted octanol–water partition coefficient (Wildman–Crippen LogP) is 3.60. The third-order valence-electron chi connectivity index (χ3n) is 3.37. The maximum absolute atomic E-state index is 11.4. The van der Waals surface area contributed by atoms with Crippen LogP contribution in [0.2, 0.25) is 4.34 Å². The standard InChI is InChI=1S/C15H15ClN2OS/c1-2-17-15(12-5-6-13(16)20-12)9-3-4-11-10(7-9)8-14(19)18-11/h3-7,15,17H,2,8H2,1H3,(H,18,19). The monoisotopic (exact) mass is 306 g/mol. The lowest BCUT2D eigenvalue weighted by Crippen LogP contribution is -2.21. The van der Waals surface area contributed by atoms with Crippen molar-refractivity contribution in [3.63, 3.8) is 0 Å². The lowest BCUT2D eigenvalue weighted by molar-refractivity contribution is -0.115. The fraction of sp³-hybridized carbons (Fsp3) is 0.267. The second-order valence-electron chi connectivity index (χ2n) is 4.77. The smallest absolute Gasteiger partial charge is 0.228 e. The molecule has 0 radical (unpaired) electrons. The highest BCUT2D eigenvalue weighted by Gasteiger charge is 2.21. The number of carbonyl (C=O) groups excluding carboxylic acids is 1. The molecule has 104 valence electrons. The van der Waals surface area contributed by atoms with E-state index in [0.29, 0.717) is 6.42 Å². The van der Waals surface area contributed by atoms with Gasteiger partial charge in [0.1, 0.15) is 0 Å². The molecule has 2 N–H and O–H groups in total. The van der Waals surface area contributed by atoms with E-state index in [9.17, 15) is 4.79 Å². The third-order valence-corrected chi connectivity index (χ3v) is 4.67. The number of amides is 1. The van der Waals surface area contributed by atoms with Crippen molar-refractivity contribution in [2.24, 2.45) is 0 Å². The SMILES string of the molecule is CCNC(c1ccc2c(c1)CC(=O)N2)c1ccc(Cl)s1. The van der Waals surface area contributed by atoms with Crippen molar-refractivity contribution in [1.82, 2.24) is 5.32 Å². The molecular weight excluding hydrogens is 292 g/mol. The molecular formula is C15H15ClN2OS. The van der Waals surface area contributed by atoms with Gasteiger partial charge in [0.25, 0.3) is 0 Å². The molecule has 0 fully saturated rings. The Balaban J connectivity index is 1.96. The van der Waals surface area contributed by atoms with Crippen molar-refractivity contribution in [1.29, 1.82) is 0 Å². The number of rotatable bonds is 4. The summed E-state index contributed by atoms with van der Waals surface area (Å²) in [5.41, 5.74) is 3.16. The quantitative estimate of drug-likeness (QED) is 0.906. The van der Waals surface area contributed by atoms with E-state index in [-0.39, 0.29) is 11.9 Å². The minimum Gasteiger partial charge on any atom is -0.326 e. The van der Waals surface area contributed by atoms with Crippen LogP contribution in [0.4, 0.5) is 5.69 Å². The molecule has 0 spiro atoms. The predicted molar refractivity (Wildman–Crippen MR) is 83.6 cm³/mol. The van der Waals surface area contributed by atoms with Crippen molar-refractivity contribution in [2.45, 2.75) is 19.4 Å². The molecule has 1 atom stereocenters. The molecule has 1 aromatic carbocycles. The Kier molecular flexibility index (Phi) is 3.78. The first-order valence-electron chi connectivity index (χ1n) is 6.58. The topological polar surface area (TPSA) is 41.1 Å². The summed E-state index contributed by atoms with van der Waals surface area (Å²) in [7, 11) is 0. The van der Waals surface area contributed by atoms with E-state index < -0.39 is 0 Å². The Bertz CT molecular complexity index is 653. The number of halogens is 1. The summed E-state index contributed by atoms with van der Waals surface area (Å²) < 4.78 is 0.793. The van der Waals surface area contributed by atoms with E-state index in [1.807, 2.05) is 12.1 Å². The fourth-order valence-corrected chi connectivity index (χ4v) is 3.66. The fourth-order valence-electron chi connectivity index (χ4n) is 2.50. The second-order valence-corrected chi connectivity index (χ2v) is 6.52. The first kappa shape index (κ1) is 13.6. The van der Waals surface area contributed by atoms with Crippen molar-refractivity contribution < 1.29 is 4.79 Å². The molecule has 5 heteroatoms. The molecule has 1 aliphatic heterocycles. The minimum atomic E-state index is 0.0660. The highest BCUT2D eigenvalue weighted by molar-refractivity contribution is 7.16. The summed E-state index contributed by atoms with van der Waals surface area (Å²) in [5.74, 6) is 0.0660. The van der Waals surface area contributed by atoms with E-state index in [1.165, 1.54) is 10.4 Å². The van der Waals surface area contributed by atoms with Crippen LogP contribution in [0.1, 0.15) is 29.0 Å². The zero-order valence-corrected chi connectivity index (χ0v) is 12.6. The maximum atomic E-state index is 11.4. The average Bonchev–Trinajstić information content (AvgIpc) is 3.00. The molecule has 2 heterocycles. The summed E-state index contributed by atoms with van der Waals surface area (Å²) in [6, 6.07) is 10.2. The lowest BCUT2D eigenvalue weighted by atomic mass is 10.0. The van der Waals surface area contributed by atoms with Gasteiger partial charge in [-0.1, -0.05) is 30.7 Å². The minimum absolute atomic E-state index is 0.0660. The van der Waals surface area contributed by atoms with Gasteiger partial charge in [0.05, 0.1) is 16.8 Å². The zero-order chi connectivity index (χ0) is 14.1. The number of hydrogen-bond donors (Lipinski definition) is 2. The molecule has 0 bridgehead atoms. The van der Waals surface area contributed by atoms with Crippen molar-refractivity contribution in [2.75, 3.05) is 11.9 Å². The van der Waals surface area contributed by atoms with Gasteiger partial charge in [0.15, 0.2) is 0 Å². The molecule has 3 rings (SSSR count). The van der Waals surface area contributed by atoms with Crippen LogP contribution in [0.25, 0.3) is 0 Å². The van der Waals surface area contributed by atoms with E-state index in [4.69, 9.17) is 11.6 Å². The Morgan fingerprint density at radius 1 is 1.40 bits per heavy atom. The number of benzene rings is 1. The third kappa shape index (κ3) is 2.59. The normalized spacial score (nSPS) is 15.0. The van der Waals surface area contributed by atoms with Crippen LogP contribution in [0.15, 0.2) is 30.3 Å². The van der Waals surface area contributed by atoms with Gasteiger partial charge in [-0.2, -0.15) is 0 Å². The van der Waals surface area contributed by atoms with Gasteiger partial charge < -0.3 is 10.6 Å². The van der Waals surface area contributed by atoms with Crippen LogP contribution in [-0.2, 0) is 11.2 Å². The average molecular weight is 307 g/mol. The van der Waals surface area contributed by atoms with Gasteiger partial charge in [0, 0.05) is 10.6 Å². The zero-order valence-electron chi connectivity index (χ0n) is 11.1. The Labute approximate surface area is 127 Å². The number of hydrogen-bond acceptors (Lipinski definition) is 3. The number of carbonyl (C=O) groups is 1. The van der Waals surface area contributed by atoms with E-state index in [1.54, 1.807) is 11.3 Å². The molecule has 1 aliphatic rings. The van der Waals surface area contributed by atoms with Crippen LogP contribution in [0, 0.1) is 0 Å². The van der Waals surface area contributed by atoms with Crippen molar-refractivity contribution in [3.8, 4) is 0 Å². The van der Waals surface area contributed by atoms with Gasteiger partial charge in [-0.25, -0.2) is 0 Å². The molecule has 1 amide bonds. The van der Waals surface area contributed by atoms with E-state index >= 15 is 0 Å². The molecule has 20 heavy (non-hydrogen) atoms. The van der Waals surface area contributed by atoms with Crippen LogP contribution >= 0.6 is 22.9 Å². The highest BCUT2D eigenvalue weighted by atomic mass is 35.5. The largest absolute Gasteiger partial charge is 0.326 e. The van der Waals surface area contributed by atoms with Crippen molar-refractivity contribution >= 4 is 34.5 Å². The summed E-state index contributed by atoms with van der Waals surface area (Å²) in [5, 5.41) is 6.34. The molecule has 0 saturated carbocycles. The van der Waals surface area contributed by atoms with Crippen LogP contribution in [0.3, 0.4) is 0 Å². The number of nitrogens with one attached hydrogen (secondary N) is 2. The first-order chi connectivity index (χ1) is 9.67. The molecule has 1 unspecified atom stereocenters. The summed E-state index contributed by atoms with van der Waals surface area (Å²) >= 11 is 7.63. The van der Waals surface area contributed by atoms with E-state index in [2.05, 4.69) is 35.8 Å². The summed E-state index contributed by atoms with van der Waals surface area (Å²) in [6.45, 7) is 2.95. The van der Waals surface area contributed by atoms with Crippen molar-refractivity contribution in [3.05, 3.63) is 50.7 Å². The number of fused-ring (bicyclic) bond motifs is 1. The Hall–Kier alpha value is -1.36. The van der Waals surface area contributed by atoms with Gasteiger partial charge in [-0.15, -0.1) is 11.3 Å². The lowest BCUT2D eigenvalue weighted by Gasteiger charge is -2.17. The molecule has 3 nitrogen and oxygen atoms in total. The molecule has 2 aromatic rings. The van der Waals surface area contributed by atoms with Gasteiger partial charge in [-0.05, 0) is 35.9 Å². The molecule has 1 aromatic heterocycles. The Morgan fingerprint density at radius 3 is 2.95 bits per heavy atom. The van der Waals surface area contributed by atoms with Crippen LogP contribution in [0.5, 0.6) is 0 Å². The van der Waals surface area contributed by atoms with Crippen LogP contribution < -0.4 is 10.6 Å². The summed E-state index contributed by atoms with van der Waals surface area (Å²) in [6.07, 6.45) is 0.465. The number of anilines is 1. The van der Waals surface area contributed by atoms with Gasteiger partial charge in [-0.3, -0.25) is 4.79 Å². The van der Waals surface area contributed by atoms with Gasteiger partial charge in [0.2, 0.25) is 5.91 Å². The highest BCUT2D eigenvalue weighted by Crippen LogP contribution is 2.33. The molecule has 0 saturated heterocycles.